The number of hydrogen-bond acceptors (Lipinski definition) is 3. The molecule has 4 nitrogen and oxygen atoms in total. The fourth-order valence-electron chi connectivity index (χ4n) is 1.90. The number of alkyl halides is 3. The number of rotatable bonds is 6. The minimum Gasteiger partial charge on any atom is -0.333 e. The molecule has 2 N–H and O–H groups in total. The van der Waals surface area contributed by atoms with Crippen LogP contribution in [0.2, 0.25) is 0 Å². The number of carbonyl (C=O) groups excluding carboxylic acids is 1. The van der Waals surface area contributed by atoms with Crippen LogP contribution in [0.15, 0.2) is 60.9 Å². The van der Waals surface area contributed by atoms with Crippen molar-refractivity contribution in [2.75, 3.05) is 0 Å². The van der Waals surface area contributed by atoms with Crippen molar-refractivity contribution >= 4 is 46.8 Å². The molecule has 1 aromatic heterocycles. The Morgan fingerprint density at radius 3 is 2.54 bits per heavy atom. The first-order chi connectivity index (χ1) is 11.4. The van der Waals surface area contributed by atoms with Gasteiger partial charge in [-0.1, -0.05) is 71.2 Å². The largest absolute Gasteiger partial charge is 0.333 e. The number of nitrogens with one attached hydrogen (secondary N) is 2. The maximum absolute atomic E-state index is 12.1. The lowest BCUT2D eigenvalue weighted by Gasteiger charge is -2.26. The van der Waals surface area contributed by atoms with Gasteiger partial charge in [0, 0.05) is 25.0 Å². The minimum absolute atomic E-state index is 0.367. The number of aromatic nitrogens is 1. The zero-order valence-electron chi connectivity index (χ0n) is 12.6. The number of carbonyl (C=O) groups is 1. The molecule has 0 aliphatic carbocycles. The summed E-state index contributed by atoms with van der Waals surface area (Å²) < 4.78 is -1.70. The average Bonchev–Trinajstić information content (AvgIpc) is 2.57. The van der Waals surface area contributed by atoms with Crippen LogP contribution in [0.4, 0.5) is 0 Å². The van der Waals surface area contributed by atoms with Crippen molar-refractivity contribution in [3.8, 4) is 0 Å². The molecule has 1 amide bonds. The van der Waals surface area contributed by atoms with Crippen LogP contribution >= 0.6 is 34.8 Å². The fourth-order valence-corrected chi connectivity index (χ4v) is 2.29. The lowest BCUT2D eigenvalue weighted by atomic mass is 10.2. The molecular formula is C17H16Cl3N3O. The fraction of sp³-hybridized carbons (Fsp3) is 0.176. The van der Waals surface area contributed by atoms with Crippen LogP contribution in [0.1, 0.15) is 11.1 Å². The maximum atomic E-state index is 12.1. The highest BCUT2D eigenvalue weighted by molar-refractivity contribution is 6.68. The predicted octanol–water partition coefficient (Wildman–Crippen LogP) is 3.70. The Labute approximate surface area is 155 Å². The second kappa shape index (κ2) is 9.04. The van der Waals surface area contributed by atoms with Gasteiger partial charge >= 0.3 is 0 Å². The summed E-state index contributed by atoms with van der Waals surface area (Å²) in [5.41, 5.74) is 1.81. The topological polar surface area (TPSA) is 54.0 Å². The zero-order chi connectivity index (χ0) is 17.4. The molecule has 0 aliphatic heterocycles. The monoisotopic (exact) mass is 383 g/mol. The molecule has 0 bridgehead atoms. The first-order valence-electron chi connectivity index (χ1n) is 7.18. The number of hydrogen-bond donors (Lipinski definition) is 2. The third kappa shape index (κ3) is 6.49. The summed E-state index contributed by atoms with van der Waals surface area (Å²) in [6.07, 6.45) is 5.60. The van der Waals surface area contributed by atoms with E-state index in [1.807, 2.05) is 42.5 Å². The molecule has 0 saturated carbocycles. The van der Waals surface area contributed by atoms with E-state index in [9.17, 15) is 4.79 Å². The van der Waals surface area contributed by atoms with Gasteiger partial charge in [0.25, 0.3) is 0 Å². The third-order valence-corrected chi connectivity index (χ3v) is 3.73. The number of nitrogens with zero attached hydrogens (tertiary/aromatic N) is 1. The van der Waals surface area contributed by atoms with Crippen LogP contribution in [0.25, 0.3) is 6.08 Å². The van der Waals surface area contributed by atoms with E-state index in [1.165, 1.54) is 6.08 Å². The summed E-state index contributed by atoms with van der Waals surface area (Å²) in [7, 11) is 0. The van der Waals surface area contributed by atoms with Gasteiger partial charge in [0.2, 0.25) is 9.70 Å². The molecule has 2 rings (SSSR count). The maximum Gasteiger partial charge on any atom is 0.245 e. The van der Waals surface area contributed by atoms with E-state index in [0.29, 0.717) is 6.54 Å². The number of pyridine rings is 1. The molecule has 0 unspecified atom stereocenters. The van der Waals surface area contributed by atoms with E-state index in [-0.39, 0.29) is 5.91 Å². The first kappa shape index (κ1) is 18.7. The zero-order valence-corrected chi connectivity index (χ0v) is 14.9. The van der Waals surface area contributed by atoms with E-state index < -0.39 is 9.96 Å². The van der Waals surface area contributed by atoms with Gasteiger partial charge < -0.3 is 5.32 Å². The van der Waals surface area contributed by atoms with Crippen molar-refractivity contribution in [3.63, 3.8) is 0 Å². The van der Waals surface area contributed by atoms with Crippen molar-refractivity contribution in [3.05, 3.63) is 72.1 Å². The van der Waals surface area contributed by atoms with E-state index in [2.05, 4.69) is 15.6 Å². The molecule has 0 aliphatic rings. The van der Waals surface area contributed by atoms with E-state index in [0.717, 1.165) is 11.1 Å². The van der Waals surface area contributed by atoms with Crippen LogP contribution in [0.3, 0.4) is 0 Å². The van der Waals surface area contributed by atoms with Crippen LogP contribution < -0.4 is 10.6 Å². The first-order valence-corrected chi connectivity index (χ1v) is 8.31. The molecule has 126 valence electrons. The van der Waals surface area contributed by atoms with Crippen molar-refractivity contribution in [1.82, 2.24) is 15.6 Å². The van der Waals surface area contributed by atoms with Crippen molar-refractivity contribution < 1.29 is 4.79 Å². The standard InChI is InChI=1S/C17H16Cl3N3O/c18-17(19,20)16(22-12-14-7-4-10-21-11-14)23-15(24)9-8-13-5-2-1-3-6-13/h1-11,16,22H,12H2,(H,23,24)/b9-8+/t16-/m0/s1. The second-order valence-electron chi connectivity index (χ2n) is 4.97. The average molecular weight is 385 g/mol. The number of halogens is 3. The van der Waals surface area contributed by atoms with E-state index >= 15 is 0 Å². The second-order valence-corrected chi connectivity index (χ2v) is 7.34. The van der Waals surface area contributed by atoms with Crippen LogP contribution in [-0.4, -0.2) is 20.8 Å². The van der Waals surface area contributed by atoms with Crippen LogP contribution in [-0.2, 0) is 11.3 Å². The summed E-state index contributed by atoms with van der Waals surface area (Å²) in [6, 6.07) is 13.1. The molecule has 2 aromatic rings. The molecule has 1 heterocycles. The summed E-state index contributed by atoms with van der Waals surface area (Å²) >= 11 is 17.8. The Hall–Kier alpha value is -1.59. The number of benzene rings is 1. The molecular weight excluding hydrogens is 369 g/mol. The van der Waals surface area contributed by atoms with Crippen LogP contribution in [0, 0.1) is 0 Å². The van der Waals surface area contributed by atoms with Gasteiger partial charge in [-0.15, -0.1) is 0 Å². The van der Waals surface area contributed by atoms with Gasteiger partial charge in [0.15, 0.2) is 0 Å². The number of amides is 1. The molecule has 1 atom stereocenters. The molecule has 7 heteroatoms. The summed E-state index contributed by atoms with van der Waals surface area (Å²) in [6.45, 7) is 0.398. The van der Waals surface area contributed by atoms with Gasteiger partial charge in [0.05, 0.1) is 0 Å². The quantitative estimate of drug-likeness (QED) is 0.454. The van der Waals surface area contributed by atoms with E-state index in [4.69, 9.17) is 34.8 Å². The third-order valence-electron chi connectivity index (χ3n) is 3.07. The molecule has 0 spiro atoms. The minimum atomic E-state index is -1.70. The Kier molecular flexibility index (Phi) is 7.06. The Morgan fingerprint density at radius 2 is 1.92 bits per heavy atom. The van der Waals surface area contributed by atoms with Gasteiger partial charge in [-0.2, -0.15) is 0 Å². The van der Waals surface area contributed by atoms with Crippen LogP contribution in [0.5, 0.6) is 0 Å². The van der Waals surface area contributed by atoms with E-state index in [1.54, 1.807) is 18.5 Å². The summed E-state index contributed by atoms with van der Waals surface area (Å²) in [5, 5.41) is 5.65. The Balaban J connectivity index is 1.95. The Bertz CT molecular complexity index is 672. The lowest BCUT2D eigenvalue weighted by molar-refractivity contribution is -0.117. The summed E-state index contributed by atoms with van der Waals surface area (Å²) in [4.78, 5) is 16.1. The molecule has 0 saturated heterocycles. The van der Waals surface area contributed by atoms with Gasteiger partial charge in [-0.25, -0.2) is 0 Å². The predicted molar refractivity (Wildman–Crippen MR) is 98.8 cm³/mol. The molecule has 0 radical (unpaired) electrons. The smallest absolute Gasteiger partial charge is 0.245 e. The molecule has 24 heavy (non-hydrogen) atoms. The summed E-state index contributed by atoms with van der Waals surface area (Å²) in [5.74, 6) is -0.367. The molecule has 1 aromatic carbocycles. The van der Waals surface area contributed by atoms with Gasteiger partial charge in [-0.3, -0.25) is 15.1 Å². The highest BCUT2D eigenvalue weighted by Gasteiger charge is 2.33. The Morgan fingerprint density at radius 1 is 1.17 bits per heavy atom. The normalized spacial score (nSPS) is 13.0. The van der Waals surface area contributed by atoms with Crippen molar-refractivity contribution in [2.24, 2.45) is 0 Å². The SMILES string of the molecule is O=C(/C=C/c1ccccc1)N[C@H](NCc1cccnc1)C(Cl)(Cl)Cl. The van der Waals surface area contributed by atoms with Crippen molar-refractivity contribution in [2.45, 2.75) is 16.5 Å². The highest BCUT2D eigenvalue weighted by atomic mass is 35.6. The van der Waals surface area contributed by atoms with Crippen molar-refractivity contribution in [1.29, 1.82) is 0 Å². The highest BCUT2D eigenvalue weighted by Crippen LogP contribution is 2.29. The lowest BCUT2D eigenvalue weighted by Crippen LogP contribution is -2.52. The van der Waals surface area contributed by atoms with Gasteiger partial charge in [-0.05, 0) is 23.3 Å². The molecule has 0 fully saturated rings. The van der Waals surface area contributed by atoms with Gasteiger partial charge in [0.1, 0.15) is 6.17 Å².